The molecule has 0 aliphatic rings. The highest BCUT2D eigenvalue weighted by molar-refractivity contribution is 7.80. The summed E-state index contributed by atoms with van der Waals surface area (Å²) in [6, 6.07) is 7.85. The smallest absolute Gasteiger partial charge is 0.0781 e. The summed E-state index contributed by atoms with van der Waals surface area (Å²) in [4.78, 5) is 0.709. The summed E-state index contributed by atoms with van der Waals surface area (Å²) in [6.07, 6.45) is 1.85. The van der Waals surface area contributed by atoms with Gasteiger partial charge in [-0.05, 0) is 6.07 Å². The Labute approximate surface area is 81.7 Å². The second-order valence-electron chi connectivity index (χ2n) is 3.02. The molecule has 3 heteroatoms. The van der Waals surface area contributed by atoms with E-state index in [1.165, 1.54) is 0 Å². The fraction of sp³-hybridized carbons (Fsp3) is 0.100. The van der Waals surface area contributed by atoms with Crippen molar-refractivity contribution in [3.63, 3.8) is 0 Å². The number of hydrogen-bond acceptors (Lipinski definition) is 2. The molecule has 1 aromatic heterocycles. The molecule has 2 rings (SSSR count). The van der Waals surface area contributed by atoms with Crippen molar-refractivity contribution in [3.05, 3.63) is 35.8 Å². The Balaban J connectivity index is 3.06. The predicted octanol–water partition coefficient (Wildman–Crippen LogP) is 1.95. The molecule has 0 bridgehead atoms. The zero-order chi connectivity index (χ0) is 9.42. The minimum atomic E-state index is 0.497. The molecule has 0 atom stereocenters. The van der Waals surface area contributed by atoms with E-state index in [1.54, 1.807) is 0 Å². The van der Waals surface area contributed by atoms with E-state index in [0.717, 1.165) is 10.9 Å². The number of thiol groups is 1. The van der Waals surface area contributed by atoms with Crippen molar-refractivity contribution in [2.75, 3.05) is 0 Å². The third-order valence-electron chi connectivity index (χ3n) is 2.13. The van der Waals surface area contributed by atoms with Crippen molar-refractivity contribution in [3.8, 4) is 0 Å². The van der Waals surface area contributed by atoms with Crippen LogP contribution in [0.25, 0.3) is 10.9 Å². The summed E-state index contributed by atoms with van der Waals surface area (Å²) in [5.74, 6) is 0. The van der Waals surface area contributed by atoms with Crippen LogP contribution >= 0.6 is 12.6 Å². The molecule has 66 valence electrons. The monoisotopic (exact) mass is 190 g/mol. The van der Waals surface area contributed by atoms with Crippen molar-refractivity contribution < 1.29 is 0 Å². The number of pyridine rings is 1. The van der Waals surface area contributed by atoms with E-state index >= 15 is 0 Å². The third kappa shape index (κ3) is 1.25. The van der Waals surface area contributed by atoms with Gasteiger partial charge in [0, 0.05) is 29.0 Å². The van der Waals surface area contributed by atoms with Gasteiger partial charge in [0.05, 0.1) is 5.36 Å². The van der Waals surface area contributed by atoms with Gasteiger partial charge in [0.2, 0.25) is 0 Å². The number of fused-ring (bicyclic) bond motifs is 1. The lowest BCUT2D eigenvalue weighted by atomic mass is 10.2. The lowest BCUT2D eigenvalue weighted by molar-refractivity contribution is 0.916. The van der Waals surface area contributed by atoms with Crippen LogP contribution in [0.1, 0.15) is 0 Å². The molecule has 0 radical (unpaired) electrons. The Morgan fingerprint density at radius 2 is 2.00 bits per heavy atom. The van der Waals surface area contributed by atoms with Crippen molar-refractivity contribution in [2.45, 2.75) is 4.90 Å². The topological polar surface area (TPSA) is 28.8 Å². The summed E-state index contributed by atoms with van der Waals surface area (Å²) in [6.45, 7) is 0. The molecule has 0 fully saturated rings. The molecule has 0 spiro atoms. The van der Waals surface area contributed by atoms with E-state index in [0.29, 0.717) is 10.3 Å². The molecule has 1 N–H and O–H groups in total. The maximum absolute atomic E-state index is 7.80. The lowest BCUT2D eigenvalue weighted by Crippen LogP contribution is -2.08. The molecule has 0 amide bonds. The van der Waals surface area contributed by atoms with Crippen LogP contribution in [0.5, 0.6) is 0 Å². The maximum atomic E-state index is 7.80. The van der Waals surface area contributed by atoms with Gasteiger partial charge in [-0.1, -0.05) is 18.2 Å². The Morgan fingerprint density at radius 3 is 2.77 bits per heavy atom. The van der Waals surface area contributed by atoms with Gasteiger partial charge in [-0.15, -0.1) is 12.6 Å². The lowest BCUT2D eigenvalue weighted by Gasteiger charge is -2.06. The maximum Gasteiger partial charge on any atom is 0.0781 e. The first-order chi connectivity index (χ1) is 6.20. The minimum absolute atomic E-state index is 0.497. The van der Waals surface area contributed by atoms with Gasteiger partial charge in [-0.3, -0.25) is 5.41 Å². The van der Waals surface area contributed by atoms with E-state index in [-0.39, 0.29) is 0 Å². The molecule has 0 aliphatic heterocycles. The zero-order valence-corrected chi connectivity index (χ0v) is 8.18. The molecule has 2 nitrogen and oxygen atoms in total. The number of nitrogens with one attached hydrogen (secondary N) is 1. The van der Waals surface area contributed by atoms with E-state index in [4.69, 9.17) is 5.41 Å². The van der Waals surface area contributed by atoms with Crippen molar-refractivity contribution in [1.82, 2.24) is 4.57 Å². The first-order valence-corrected chi connectivity index (χ1v) is 4.47. The molecule has 0 aliphatic carbocycles. The fourth-order valence-corrected chi connectivity index (χ4v) is 1.74. The summed E-state index contributed by atoms with van der Waals surface area (Å²) in [7, 11) is 1.96. The van der Waals surface area contributed by atoms with Gasteiger partial charge < -0.3 is 4.57 Å². The normalized spacial score (nSPS) is 10.6. The number of aryl methyl sites for hydroxylation is 1. The summed E-state index contributed by atoms with van der Waals surface area (Å²) >= 11 is 4.24. The van der Waals surface area contributed by atoms with Crippen LogP contribution in [-0.2, 0) is 7.05 Å². The first kappa shape index (κ1) is 8.38. The van der Waals surface area contributed by atoms with Crippen LogP contribution < -0.4 is 5.36 Å². The van der Waals surface area contributed by atoms with Crippen molar-refractivity contribution >= 4 is 23.5 Å². The summed E-state index contributed by atoms with van der Waals surface area (Å²) < 4.78 is 1.98. The number of hydrogen-bond donors (Lipinski definition) is 2. The minimum Gasteiger partial charge on any atom is -0.349 e. The number of rotatable bonds is 0. The highest BCUT2D eigenvalue weighted by Gasteiger charge is 1.99. The molecule has 0 saturated heterocycles. The summed E-state index contributed by atoms with van der Waals surface area (Å²) in [5, 5.41) is 9.23. The fourth-order valence-electron chi connectivity index (χ4n) is 1.45. The molecule has 0 saturated carbocycles. The average Bonchev–Trinajstić information content (AvgIpc) is 2.15. The molecular weight excluding hydrogens is 180 g/mol. The van der Waals surface area contributed by atoms with Crippen LogP contribution in [-0.4, -0.2) is 4.57 Å². The van der Waals surface area contributed by atoms with E-state index < -0.39 is 0 Å². The van der Waals surface area contributed by atoms with Crippen molar-refractivity contribution in [1.29, 1.82) is 5.41 Å². The summed E-state index contributed by atoms with van der Waals surface area (Å²) in [5.41, 5.74) is 1.06. The molecular formula is C10H10N2S. The Hall–Kier alpha value is -1.22. The number of para-hydroxylation sites is 1. The Bertz CT molecular complexity index is 514. The van der Waals surface area contributed by atoms with Crippen LogP contribution in [0.15, 0.2) is 35.4 Å². The standard InChI is InChI=1S/C10H10N2S/c1-12-6-9(13)10(11)7-4-2-3-5-8(7)12/h2-6,11,13H,1H3. The second kappa shape index (κ2) is 2.92. The van der Waals surface area contributed by atoms with E-state index in [1.807, 2.05) is 42.1 Å². The molecule has 13 heavy (non-hydrogen) atoms. The van der Waals surface area contributed by atoms with Crippen LogP contribution in [0, 0.1) is 5.41 Å². The molecule has 0 unspecified atom stereocenters. The highest BCUT2D eigenvalue weighted by atomic mass is 32.1. The van der Waals surface area contributed by atoms with Gasteiger partial charge in [-0.2, -0.15) is 0 Å². The highest BCUT2D eigenvalue weighted by Crippen LogP contribution is 2.11. The quantitative estimate of drug-likeness (QED) is 0.594. The average molecular weight is 190 g/mol. The van der Waals surface area contributed by atoms with Crippen LogP contribution in [0.3, 0.4) is 0 Å². The Kier molecular flexibility index (Phi) is 1.88. The van der Waals surface area contributed by atoms with E-state index in [9.17, 15) is 0 Å². The van der Waals surface area contributed by atoms with E-state index in [2.05, 4.69) is 12.6 Å². The number of benzene rings is 1. The van der Waals surface area contributed by atoms with Crippen LogP contribution in [0.4, 0.5) is 0 Å². The largest absolute Gasteiger partial charge is 0.349 e. The number of aromatic nitrogens is 1. The first-order valence-electron chi connectivity index (χ1n) is 4.02. The van der Waals surface area contributed by atoms with Crippen LogP contribution in [0.2, 0.25) is 0 Å². The predicted molar refractivity (Wildman–Crippen MR) is 56.0 cm³/mol. The number of nitrogens with zero attached hydrogens (tertiary/aromatic N) is 1. The van der Waals surface area contributed by atoms with Gasteiger partial charge in [-0.25, -0.2) is 0 Å². The SMILES string of the molecule is Cn1cc(S)c(=N)c2ccccc21. The van der Waals surface area contributed by atoms with Gasteiger partial charge >= 0.3 is 0 Å². The molecule has 1 aromatic carbocycles. The second-order valence-corrected chi connectivity index (χ2v) is 3.50. The van der Waals surface area contributed by atoms with Gasteiger partial charge in [0.1, 0.15) is 0 Å². The van der Waals surface area contributed by atoms with Gasteiger partial charge in [0.15, 0.2) is 0 Å². The Morgan fingerprint density at radius 1 is 1.31 bits per heavy atom. The van der Waals surface area contributed by atoms with Gasteiger partial charge in [0.25, 0.3) is 0 Å². The zero-order valence-electron chi connectivity index (χ0n) is 7.28. The molecule has 1 heterocycles. The third-order valence-corrected chi connectivity index (χ3v) is 2.46. The van der Waals surface area contributed by atoms with Crippen molar-refractivity contribution in [2.24, 2.45) is 7.05 Å². The molecule has 2 aromatic rings.